The summed E-state index contributed by atoms with van der Waals surface area (Å²) in [7, 11) is 0. The second-order valence-electron chi connectivity index (χ2n) is 5.80. The summed E-state index contributed by atoms with van der Waals surface area (Å²) in [6, 6.07) is 3.69. The van der Waals surface area contributed by atoms with Crippen LogP contribution in [0.15, 0.2) is 18.3 Å². The first-order valence-corrected chi connectivity index (χ1v) is 6.97. The van der Waals surface area contributed by atoms with Crippen LogP contribution >= 0.6 is 0 Å². The van der Waals surface area contributed by atoms with Gasteiger partial charge in [-0.25, -0.2) is 4.98 Å². The van der Waals surface area contributed by atoms with E-state index in [0.29, 0.717) is 31.2 Å². The van der Waals surface area contributed by atoms with Crippen molar-refractivity contribution in [3.63, 3.8) is 0 Å². The first-order valence-electron chi connectivity index (χ1n) is 6.97. The minimum atomic E-state index is -0.274. The smallest absolute Gasteiger partial charge is 0.230 e. The number of nitrogens with one attached hydrogen (secondary N) is 1. The quantitative estimate of drug-likeness (QED) is 0.912. The third-order valence-electron chi connectivity index (χ3n) is 3.34. The van der Waals surface area contributed by atoms with Gasteiger partial charge in [0.15, 0.2) is 0 Å². The summed E-state index contributed by atoms with van der Waals surface area (Å²) >= 11 is 0. The molecule has 1 saturated heterocycles. The molecule has 1 fully saturated rings. The number of likely N-dealkylation sites (tertiary alicyclic amines) is 1. The highest BCUT2D eigenvalue weighted by molar-refractivity contribution is 5.96. The van der Waals surface area contributed by atoms with E-state index >= 15 is 0 Å². The van der Waals surface area contributed by atoms with E-state index in [1.165, 1.54) is 0 Å². The average molecular weight is 275 g/mol. The summed E-state index contributed by atoms with van der Waals surface area (Å²) in [5, 5.41) is 2.79. The van der Waals surface area contributed by atoms with Crippen LogP contribution in [0.1, 0.15) is 25.8 Å². The van der Waals surface area contributed by atoms with Gasteiger partial charge in [-0.3, -0.25) is 9.59 Å². The molecule has 108 valence electrons. The Morgan fingerprint density at radius 2 is 2.30 bits per heavy atom. The number of rotatable bonds is 4. The Bertz CT molecular complexity index is 514. The van der Waals surface area contributed by atoms with E-state index in [1.807, 2.05) is 19.1 Å². The van der Waals surface area contributed by atoms with Crippen molar-refractivity contribution in [1.29, 1.82) is 0 Å². The maximum Gasteiger partial charge on any atom is 0.230 e. The van der Waals surface area contributed by atoms with Crippen molar-refractivity contribution in [2.45, 2.75) is 27.2 Å². The molecule has 5 heteroatoms. The van der Waals surface area contributed by atoms with E-state index in [4.69, 9.17) is 0 Å². The number of nitrogens with zero attached hydrogens (tertiary/aromatic N) is 2. The number of amides is 2. The minimum Gasteiger partial charge on any atom is -0.342 e. The average Bonchev–Trinajstić information content (AvgIpc) is 2.70. The van der Waals surface area contributed by atoms with Crippen LogP contribution in [0.3, 0.4) is 0 Å². The molecule has 1 aromatic rings. The first kappa shape index (κ1) is 14.5. The number of carbonyl (C=O) groups excluding carboxylic acids is 2. The zero-order valence-electron chi connectivity index (χ0n) is 12.2. The van der Waals surface area contributed by atoms with Gasteiger partial charge in [-0.05, 0) is 30.5 Å². The Labute approximate surface area is 119 Å². The standard InChI is InChI=1S/C15H21N3O2/c1-10(2)8-18-9-12(7-14(18)19)15(20)17-13-6-11(3)4-5-16-13/h4-6,10,12H,7-9H2,1-3H3,(H,16,17,20). The molecule has 0 radical (unpaired) electrons. The van der Waals surface area contributed by atoms with Gasteiger partial charge in [-0.15, -0.1) is 0 Å². The van der Waals surface area contributed by atoms with Crippen molar-refractivity contribution in [1.82, 2.24) is 9.88 Å². The van der Waals surface area contributed by atoms with E-state index in [0.717, 1.165) is 5.56 Å². The fraction of sp³-hybridized carbons (Fsp3) is 0.533. The fourth-order valence-electron chi connectivity index (χ4n) is 2.40. The lowest BCUT2D eigenvalue weighted by Gasteiger charge is -2.18. The zero-order valence-corrected chi connectivity index (χ0v) is 12.2. The zero-order chi connectivity index (χ0) is 14.7. The maximum absolute atomic E-state index is 12.2. The summed E-state index contributed by atoms with van der Waals surface area (Å²) in [5.74, 6) is 0.631. The maximum atomic E-state index is 12.2. The SMILES string of the molecule is Cc1ccnc(NC(=O)C2CC(=O)N(CC(C)C)C2)c1. The summed E-state index contributed by atoms with van der Waals surface area (Å²) in [5.41, 5.74) is 1.04. The third-order valence-corrected chi connectivity index (χ3v) is 3.34. The first-order chi connectivity index (χ1) is 9.45. The number of carbonyl (C=O) groups is 2. The Hall–Kier alpha value is -1.91. The normalized spacial score (nSPS) is 18.7. The van der Waals surface area contributed by atoms with Gasteiger partial charge in [0.2, 0.25) is 11.8 Å². The van der Waals surface area contributed by atoms with Gasteiger partial charge in [0.05, 0.1) is 5.92 Å². The summed E-state index contributed by atoms with van der Waals surface area (Å²) in [6.45, 7) is 7.30. The summed E-state index contributed by atoms with van der Waals surface area (Å²) in [4.78, 5) is 29.9. The van der Waals surface area contributed by atoms with Gasteiger partial charge in [0, 0.05) is 25.7 Å². The van der Waals surface area contributed by atoms with Crippen molar-refractivity contribution in [2.24, 2.45) is 11.8 Å². The number of pyridine rings is 1. The van der Waals surface area contributed by atoms with Gasteiger partial charge in [0.25, 0.3) is 0 Å². The van der Waals surface area contributed by atoms with Gasteiger partial charge in [0.1, 0.15) is 5.82 Å². The number of hydrogen-bond acceptors (Lipinski definition) is 3. The van der Waals surface area contributed by atoms with Crippen LogP contribution in [-0.2, 0) is 9.59 Å². The number of hydrogen-bond donors (Lipinski definition) is 1. The minimum absolute atomic E-state index is 0.0658. The largest absolute Gasteiger partial charge is 0.342 e. The van der Waals surface area contributed by atoms with E-state index < -0.39 is 0 Å². The van der Waals surface area contributed by atoms with E-state index in [1.54, 1.807) is 11.1 Å². The van der Waals surface area contributed by atoms with Crippen molar-refractivity contribution in [3.05, 3.63) is 23.9 Å². The highest BCUT2D eigenvalue weighted by Gasteiger charge is 2.34. The molecule has 1 N–H and O–H groups in total. The highest BCUT2D eigenvalue weighted by Crippen LogP contribution is 2.20. The van der Waals surface area contributed by atoms with E-state index in [-0.39, 0.29) is 17.7 Å². The van der Waals surface area contributed by atoms with Crippen LogP contribution in [0.5, 0.6) is 0 Å². The topological polar surface area (TPSA) is 62.3 Å². The van der Waals surface area contributed by atoms with Crippen molar-refractivity contribution >= 4 is 17.6 Å². The molecule has 5 nitrogen and oxygen atoms in total. The Balaban J connectivity index is 1.95. The molecule has 2 rings (SSSR count). The molecule has 20 heavy (non-hydrogen) atoms. The molecule has 1 unspecified atom stereocenters. The second-order valence-corrected chi connectivity index (χ2v) is 5.80. The van der Waals surface area contributed by atoms with Crippen molar-refractivity contribution in [2.75, 3.05) is 18.4 Å². The van der Waals surface area contributed by atoms with Crippen LogP contribution in [0.2, 0.25) is 0 Å². The number of aryl methyl sites for hydroxylation is 1. The van der Waals surface area contributed by atoms with Gasteiger partial charge < -0.3 is 10.2 Å². The number of anilines is 1. The second kappa shape index (κ2) is 6.03. The van der Waals surface area contributed by atoms with Crippen LogP contribution < -0.4 is 5.32 Å². The van der Waals surface area contributed by atoms with E-state index in [2.05, 4.69) is 24.1 Å². The Kier molecular flexibility index (Phi) is 4.37. The molecule has 0 aliphatic carbocycles. The highest BCUT2D eigenvalue weighted by atomic mass is 16.2. The van der Waals surface area contributed by atoms with Crippen LogP contribution in [-0.4, -0.2) is 34.8 Å². The van der Waals surface area contributed by atoms with Crippen molar-refractivity contribution in [3.8, 4) is 0 Å². The molecule has 2 heterocycles. The third kappa shape index (κ3) is 3.56. The predicted octanol–water partition coefficient (Wildman–Crippen LogP) is 1.83. The monoisotopic (exact) mass is 275 g/mol. The van der Waals surface area contributed by atoms with Crippen LogP contribution in [0.25, 0.3) is 0 Å². The summed E-state index contributed by atoms with van der Waals surface area (Å²) < 4.78 is 0. The molecule has 0 saturated carbocycles. The number of aromatic nitrogens is 1. The molecule has 1 aliphatic rings. The van der Waals surface area contributed by atoms with Gasteiger partial charge in [-0.1, -0.05) is 13.8 Å². The Morgan fingerprint density at radius 3 is 2.95 bits per heavy atom. The molecule has 1 aromatic heterocycles. The molecule has 2 amide bonds. The molecule has 1 atom stereocenters. The molecule has 0 spiro atoms. The van der Waals surface area contributed by atoms with E-state index in [9.17, 15) is 9.59 Å². The lowest BCUT2D eigenvalue weighted by Crippen LogP contribution is -2.31. The van der Waals surface area contributed by atoms with Gasteiger partial charge in [-0.2, -0.15) is 0 Å². The predicted molar refractivity (Wildman–Crippen MR) is 77.1 cm³/mol. The molecule has 1 aliphatic heterocycles. The lowest BCUT2D eigenvalue weighted by molar-refractivity contribution is -0.128. The van der Waals surface area contributed by atoms with Crippen molar-refractivity contribution < 1.29 is 9.59 Å². The molecule has 0 aromatic carbocycles. The van der Waals surface area contributed by atoms with Crippen LogP contribution in [0.4, 0.5) is 5.82 Å². The Morgan fingerprint density at radius 1 is 1.55 bits per heavy atom. The lowest BCUT2D eigenvalue weighted by atomic mass is 10.1. The fourth-order valence-corrected chi connectivity index (χ4v) is 2.40. The van der Waals surface area contributed by atoms with Gasteiger partial charge >= 0.3 is 0 Å². The molecular formula is C15H21N3O2. The molecule has 0 bridgehead atoms. The van der Waals surface area contributed by atoms with Crippen LogP contribution in [0, 0.1) is 18.8 Å². The molecular weight excluding hydrogens is 254 g/mol. The summed E-state index contributed by atoms with van der Waals surface area (Å²) in [6.07, 6.45) is 1.96.